The Morgan fingerprint density at radius 1 is 1.19 bits per heavy atom. The summed E-state index contributed by atoms with van der Waals surface area (Å²) in [6, 6.07) is 11.4. The summed E-state index contributed by atoms with van der Waals surface area (Å²) in [5.74, 6) is 2.95. The molecule has 0 spiro atoms. The third kappa shape index (κ3) is 6.61. The number of guanidine groups is 1. The number of nitrogens with zero attached hydrogens (tertiary/aromatic N) is 2. The molecule has 1 aliphatic heterocycles. The lowest BCUT2D eigenvalue weighted by Gasteiger charge is -2.37. The van der Waals surface area contributed by atoms with E-state index in [4.69, 9.17) is 4.74 Å². The molecule has 3 atom stereocenters. The predicted molar refractivity (Wildman–Crippen MR) is 123 cm³/mol. The van der Waals surface area contributed by atoms with Crippen LogP contribution in [-0.2, 0) is 4.74 Å². The quantitative estimate of drug-likeness (QED) is 0.354. The zero-order valence-corrected chi connectivity index (χ0v) is 19.2. The molecule has 152 valence electrons. The van der Waals surface area contributed by atoms with E-state index in [0.29, 0.717) is 17.9 Å². The van der Waals surface area contributed by atoms with Gasteiger partial charge in [-0.2, -0.15) is 0 Å². The maximum atomic E-state index is 5.50. The molecule has 3 rings (SSSR count). The smallest absolute Gasteiger partial charge is 0.191 e. The van der Waals surface area contributed by atoms with Crippen LogP contribution >= 0.6 is 24.0 Å². The Morgan fingerprint density at radius 3 is 2.52 bits per heavy atom. The maximum Gasteiger partial charge on any atom is 0.191 e. The van der Waals surface area contributed by atoms with Gasteiger partial charge in [0.2, 0.25) is 0 Å². The Balaban J connectivity index is 0.00000261. The molecule has 2 aliphatic rings. The van der Waals surface area contributed by atoms with Crippen LogP contribution in [0.25, 0.3) is 0 Å². The first kappa shape index (κ1) is 22.4. The minimum Gasteiger partial charge on any atom is -0.379 e. The van der Waals surface area contributed by atoms with E-state index in [1.54, 1.807) is 0 Å². The summed E-state index contributed by atoms with van der Waals surface area (Å²) in [5, 5.41) is 7.07. The zero-order chi connectivity index (χ0) is 18.4. The van der Waals surface area contributed by atoms with Crippen LogP contribution in [-0.4, -0.2) is 63.3 Å². The molecule has 5 nitrogen and oxygen atoms in total. The number of rotatable bonds is 7. The number of hydrogen-bond acceptors (Lipinski definition) is 3. The van der Waals surface area contributed by atoms with Crippen molar-refractivity contribution in [3.63, 3.8) is 0 Å². The second kappa shape index (κ2) is 11.2. The molecule has 6 heteroatoms. The number of hydrogen-bond donors (Lipinski definition) is 2. The highest BCUT2D eigenvalue weighted by Crippen LogP contribution is 2.46. The molecule has 1 heterocycles. The van der Waals surface area contributed by atoms with Gasteiger partial charge in [-0.15, -0.1) is 24.0 Å². The highest BCUT2D eigenvalue weighted by molar-refractivity contribution is 14.0. The standard InChI is InChI=1S/C21H34N4O.HI/c1-16(2)20(25-9-11-26-12-10-25)15-24-21(22-3)23-14-18-13-19(18)17-7-5-4-6-8-17;/h4-8,16,18-20H,9-15H2,1-3H3,(H2,22,23,24);1H. The SMILES string of the molecule is CN=C(NCC1CC1c1ccccc1)NCC(C(C)C)N1CCOCC1.I. The Bertz CT molecular complexity index is 575. The van der Waals surface area contributed by atoms with Crippen molar-refractivity contribution in [1.29, 1.82) is 0 Å². The van der Waals surface area contributed by atoms with E-state index < -0.39 is 0 Å². The summed E-state index contributed by atoms with van der Waals surface area (Å²) in [4.78, 5) is 6.96. The summed E-state index contributed by atoms with van der Waals surface area (Å²) in [7, 11) is 1.86. The first-order valence-corrected chi connectivity index (χ1v) is 10.00. The predicted octanol–water partition coefficient (Wildman–Crippen LogP) is 2.93. The summed E-state index contributed by atoms with van der Waals surface area (Å²) in [6.07, 6.45) is 1.27. The lowest BCUT2D eigenvalue weighted by atomic mass is 10.0. The Labute approximate surface area is 181 Å². The molecule has 3 unspecified atom stereocenters. The Hall–Kier alpha value is -0.860. The molecule has 1 aromatic rings. The molecule has 27 heavy (non-hydrogen) atoms. The van der Waals surface area contributed by atoms with Crippen molar-refractivity contribution in [1.82, 2.24) is 15.5 Å². The van der Waals surface area contributed by atoms with Crippen molar-refractivity contribution in [2.75, 3.05) is 46.4 Å². The van der Waals surface area contributed by atoms with Gasteiger partial charge < -0.3 is 15.4 Å². The van der Waals surface area contributed by atoms with Crippen molar-refractivity contribution in [3.8, 4) is 0 Å². The van der Waals surface area contributed by atoms with Gasteiger partial charge in [-0.05, 0) is 29.7 Å². The highest BCUT2D eigenvalue weighted by atomic mass is 127. The molecule has 1 saturated heterocycles. The third-order valence-corrected chi connectivity index (χ3v) is 5.67. The number of benzene rings is 1. The number of nitrogens with one attached hydrogen (secondary N) is 2. The van der Waals surface area contributed by atoms with Crippen molar-refractivity contribution in [2.24, 2.45) is 16.8 Å². The molecule has 1 saturated carbocycles. The Kier molecular flexibility index (Phi) is 9.32. The maximum absolute atomic E-state index is 5.50. The van der Waals surface area contributed by atoms with Crippen LogP contribution in [0.5, 0.6) is 0 Å². The van der Waals surface area contributed by atoms with Crippen LogP contribution < -0.4 is 10.6 Å². The largest absolute Gasteiger partial charge is 0.379 e. The van der Waals surface area contributed by atoms with E-state index in [1.807, 2.05) is 7.05 Å². The fourth-order valence-electron chi connectivity index (χ4n) is 3.93. The third-order valence-electron chi connectivity index (χ3n) is 5.67. The van der Waals surface area contributed by atoms with E-state index in [9.17, 15) is 0 Å². The van der Waals surface area contributed by atoms with Crippen LogP contribution in [0.1, 0.15) is 31.7 Å². The molecule has 1 aromatic carbocycles. The van der Waals surface area contributed by atoms with E-state index in [-0.39, 0.29) is 24.0 Å². The molecule has 0 aromatic heterocycles. The minimum absolute atomic E-state index is 0. The molecular weight excluding hydrogens is 451 g/mol. The van der Waals surface area contributed by atoms with Crippen LogP contribution in [0.2, 0.25) is 0 Å². The summed E-state index contributed by atoms with van der Waals surface area (Å²) < 4.78 is 5.50. The summed E-state index contributed by atoms with van der Waals surface area (Å²) >= 11 is 0. The van der Waals surface area contributed by atoms with Gasteiger partial charge in [0.15, 0.2) is 5.96 Å². The van der Waals surface area contributed by atoms with Crippen molar-refractivity contribution in [3.05, 3.63) is 35.9 Å². The lowest BCUT2D eigenvalue weighted by molar-refractivity contribution is 0.00752. The topological polar surface area (TPSA) is 48.9 Å². The molecule has 1 aliphatic carbocycles. The van der Waals surface area contributed by atoms with Crippen LogP contribution in [0.15, 0.2) is 35.3 Å². The van der Waals surface area contributed by atoms with Crippen LogP contribution in [0, 0.1) is 11.8 Å². The van der Waals surface area contributed by atoms with Gasteiger partial charge in [-0.1, -0.05) is 44.2 Å². The fraction of sp³-hybridized carbons (Fsp3) is 0.667. The molecule has 0 amide bonds. The Morgan fingerprint density at radius 2 is 1.89 bits per heavy atom. The van der Waals surface area contributed by atoms with Crippen LogP contribution in [0.4, 0.5) is 0 Å². The van der Waals surface area contributed by atoms with Crippen molar-refractivity contribution < 1.29 is 4.74 Å². The molecule has 0 radical (unpaired) electrons. The first-order valence-electron chi connectivity index (χ1n) is 10.00. The van der Waals surface area contributed by atoms with E-state index in [0.717, 1.165) is 51.3 Å². The zero-order valence-electron chi connectivity index (χ0n) is 16.9. The van der Waals surface area contributed by atoms with Gasteiger partial charge in [0.05, 0.1) is 13.2 Å². The van der Waals surface area contributed by atoms with Gasteiger partial charge in [0, 0.05) is 39.3 Å². The molecular formula is C21H35IN4O. The van der Waals surface area contributed by atoms with E-state index in [1.165, 1.54) is 12.0 Å². The molecule has 2 fully saturated rings. The average molecular weight is 486 g/mol. The normalized spacial score (nSPS) is 24.2. The van der Waals surface area contributed by atoms with Crippen LogP contribution in [0.3, 0.4) is 0 Å². The average Bonchev–Trinajstić information content (AvgIpc) is 3.45. The lowest BCUT2D eigenvalue weighted by Crippen LogP contribution is -2.52. The first-order chi connectivity index (χ1) is 12.7. The second-order valence-corrected chi connectivity index (χ2v) is 7.81. The van der Waals surface area contributed by atoms with E-state index in [2.05, 4.69) is 64.7 Å². The summed E-state index contributed by atoms with van der Waals surface area (Å²) in [6.45, 7) is 10.2. The van der Waals surface area contributed by atoms with Gasteiger partial charge in [-0.25, -0.2) is 0 Å². The van der Waals surface area contributed by atoms with Crippen molar-refractivity contribution in [2.45, 2.75) is 32.2 Å². The highest BCUT2D eigenvalue weighted by Gasteiger charge is 2.37. The number of aliphatic imine (C=N–C) groups is 1. The summed E-state index contributed by atoms with van der Waals surface area (Å²) in [5.41, 5.74) is 1.47. The van der Waals surface area contributed by atoms with Gasteiger partial charge in [-0.3, -0.25) is 9.89 Å². The van der Waals surface area contributed by atoms with Gasteiger partial charge >= 0.3 is 0 Å². The van der Waals surface area contributed by atoms with Gasteiger partial charge in [0.1, 0.15) is 0 Å². The second-order valence-electron chi connectivity index (χ2n) is 7.81. The van der Waals surface area contributed by atoms with E-state index >= 15 is 0 Å². The number of halogens is 1. The molecule has 2 N–H and O–H groups in total. The monoisotopic (exact) mass is 486 g/mol. The fourth-order valence-corrected chi connectivity index (χ4v) is 3.93. The van der Waals surface area contributed by atoms with Crippen molar-refractivity contribution >= 4 is 29.9 Å². The number of ether oxygens (including phenoxy) is 1. The number of morpholine rings is 1. The molecule has 0 bridgehead atoms. The van der Waals surface area contributed by atoms with Gasteiger partial charge in [0.25, 0.3) is 0 Å². The minimum atomic E-state index is 0.